The van der Waals surface area contributed by atoms with Crippen LogP contribution in [-0.4, -0.2) is 12.5 Å². The smallest absolute Gasteiger partial charge is 0.237 e. The lowest BCUT2D eigenvalue weighted by Crippen LogP contribution is -2.39. The molecule has 3 heteroatoms. The molecule has 0 bridgehead atoms. The number of rotatable bonds is 3. The number of carbonyl (C=O) groups excluding carboxylic acids is 1. The minimum atomic E-state index is -0.500. The highest BCUT2D eigenvalue weighted by molar-refractivity contribution is 6.30. The van der Waals surface area contributed by atoms with Crippen molar-refractivity contribution < 1.29 is 4.79 Å². The fraction of sp³-hybridized carbons (Fsp3) is 0.278. The molecule has 21 heavy (non-hydrogen) atoms. The van der Waals surface area contributed by atoms with E-state index in [0.717, 1.165) is 21.8 Å². The number of amides is 1. The molecule has 0 saturated heterocycles. The van der Waals surface area contributed by atoms with E-state index < -0.39 is 5.41 Å². The Balaban J connectivity index is 2.03. The number of likely N-dealkylation sites (N-methyl/N-ethyl adjacent to an activating group) is 1. The van der Waals surface area contributed by atoms with Gasteiger partial charge in [-0.05, 0) is 49.6 Å². The maximum Gasteiger partial charge on any atom is 0.237 e. The average molecular weight is 300 g/mol. The number of hydrogen-bond donors (Lipinski definition) is 0. The van der Waals surface area contributed by atoms with Gasteiger partial charge >= 0.3 is 0 Å². The predicted molar refractivity (Wildman–Crippen MR) is 87.0 cm³/mol. The van der Waals surface area contributed by atoms with Crippen LogP contribution in [0.15, 0.2) is 48.5 Å². The van der Waals surface area contributed by atoms with Crippen LogP contribution in [0, 0.1) is 0 Å². The van der Waals surface area contributed by atoms with Gasteiger partial charge < -0.3 is 4.90 Å². The van der Waals surface area contributed by atoms with Crippen LogP contribution in [0.1, 0.15) is 25.0 Å². The first kappa shape index (κ1) is 14.2. The van der Waals surface area contributed by atoms with Crippen LogP contribution in [0.2, 0.25) is 5.02 Å². The van der Waals surface area contributed by atoms with Gasteiger partial charge in [-0.2, -0.15) is 0 Å². The Labute approximate surface area is 130 Å². The number of carbonyl (C=O) groups is 1. The minimum absolute atomic E-state index is 0.182. The predicted octanol–water partition coefficient (Wildman–Crippen LogP) is 4.21. The number of fused-ring (bicyclic) bond motifs is 1. The largest absolute Gasteiger partial charge is 0.312 e. The summed E-state index contributed by atoms with van der Waals surface area (Å²) in [7, 11) is 0. The van der Waals surface area contributed by atoms with Gasteiger partial charge in [-0.25, -0.2) is 0 Å². The van der Waals surface area contributed by atoms with Crippen LogP contribution in [0.25, 0.3) is 0 Å². The van der Waals surface area contributed by atoms with Gasteiger partial charge in [0.2, 0.25) is 5.91 Å². The molecule has 1 aliphatic rings. The number of halogens is 1. The van der Waals surface area contributed by atoms with Crippen molar-refractivity contribution >= 4 is 23.2 Å². The van der Waals surface area contributed by atoms with E-state index in [0.29, 0.717) is 13.0 Å². The highest BCUT2D eigenvalue weighted by Gasteiger charge is 2.46. The standard InChI is InChI=1S/C18H18ClNO/c1-3-20-16-7-5-4-6-15(16)18(2,17(20)21)12-13-8-10-14(19)11-9-13/h4-11H,3,12H2,1-2H3. The van der Waals surface area contributed by atoms with E-state index in [4.69, 9.17) is 11.6 Å². The summed E-state index contributed by atoms with van der Waals surface area (Å²) in [6, 6.07) is 15.8. The zero-order chi connectivity index (χ0) is 15.0. The van der Waals surface area contributed by atoms with Crippen LogP contribution in [0.4, 0.5) is 5.69 Å². The van der Waals surface area contributed by atoms with Gasteiger partial charge in [-0.1, -0.05) is 41.9 Å². The van der Waals surface area contributed by atoms with E-state index in [1.165, 1.54) is 0 Å². The second-order valence-electron chi connectivity index (χ2n) is 5.70. The molecule has 0 saturated carbocycles. The Kier molecular flexibility index (Phi) is 3.50. The van der Waals surface area contributed by atoms with Crippen molar-refractivity contribution in [3.05, 3.63) is 64.7 Å². The molecule has 2 aromatic carbocycles. The SMILES string of the molecule is CCN1C(=O)C(C)(Cc2ccc(Cl)cc2)c2ccccc21. The number of benzene rings is 2. The number of para-hydroxylation sites is 1. The zero-order valence-electron chi connectivity index (χ0n) is 12.3. The normalized spacial score (nSPS) is 20.7. The maximum absolute atomic E-state index is 12.9. The van der Waals surface area contributed by atoms with E-state index in [1.54, 1.807) is 0 Å². The molecule has 2 nitrogen and oxygen atoms in total. The van der Waals surface area contributed by atoms with Crippen molar-refractivity contribution in [1.82, 2.24) is 0 Å². The summed E-state index contributed by atoms with van der Waals surface area (Å²) < 4.78 is 0. The Morgan fingerprint density at radius 1 is 1.10 bits per heavy atom. The zero-order valence-corrected chi connectivity index (χ0v) is 13.0. The topological polar surface area (TPSA) is 20.3 Å². The third kappa shape index (κ3) is 2.24. The van der Waals surface area contributed by atoms with Gasteiger partial charge in [0.25, 0.3) is 0 Å². The summed E-state index contributed by atoms with van der Waals surface area (Å²) >= 11 is 5.94. The van der Waals surface area contributed by atoms with E-state index in [9.17, 15) is 4.79 Å². The summed E-state index contributed by atoms with van der Waals surface area (Å²) in [5.41, 5.74) is 2.79. The highest BCUT2D eigenvalue weighted by Crippen LogP contribution is 2.43. The molecule has 1 aliphatic heterocycles. The van der Waals surface area contributed by atoms with Crippen molar-refractivity contribution in [1.29, 1.82) is 0 Å². The molecule has 0 aliphatic carbocycles. The number of nitrogens with zero attached hydrogens (tertiary/aromatic N) is 1. The first-order chi connectivity index (χ1) is 10.1. The van der Waals surface area contributed by atoms with E-state index >= 15 is 0 Å². The summed E-state index contributed by atoms with van der Waals surface area (Å²) in [4.78, 5) is 14.8. The van der Waals surface area contributed by atoms with Gasteiger partial charge in [0, 0.05) is 17.3 Å². The maximum atomic E-state index is 12.9. The Hall–Kier alpha value is -1.80. The van der Waals surface area contributed by atoms with Crippen LogP contribution in [0.3, 0.4) is 0 Å². The summed E-state index contributed by atoms with van der Waals surface area (Å²) in [5.74, 6) is 0.182. The summed E-state index contributed by atoms with van der Waals surface area (Å²) in [6.45, 7) is 4.76. The number of hydrogen-bond acceptors (Lipinski definition) is 1. The number of anilines is 1. The van der Waals surface area contributed by atoms with Crippen molar-refractivity contribution in [2.24, 2.45) is 0 Å². The molecule has 3 rings (SSSR count). The summed E-state index contributed by atoms with van der Waals surface area (Å²) in [6.07, 6.45) is 0.691. The first-order valence-corrected chi connectivity index (χ1v) is 7.60. The van der Waals surface area contributed by atoms with Crippen molar-refractivity contribution in [3.8, 4) is 0 Å². The molecule has 0 N–H and O–H groups in total. The monoisotopic (exact) mass is 299 g/mol. The van der Waals surface area contributed by atoms with Gasteiger partial charge in [0.15, 0.2) is 0 Å². The van der Waals surface area contributed by atoms with Crippen LogP contribution in [0.5, 0.6) is 0 Å². The second-order valence-corrected chi connectivity index (χ2v) is 6.14. The van der Waals surface area contributed by atoms with Crippen molar-refractivity contribution in [2.75, 3.05) is 11.4 Å². The van der Waals surface area contributed by atoms with Gasteiger partial charge in [0.1, 0.15) is 0 Å². The van der Waals surface area contributed by atoms with Crippen LogP contribution in [-0.2, 0) is 16.6 Å². The molecule has 0 radical (unpaired) electrons. The van der Waals surface area contributed by atoms with Gasteiger partial charge in [-0.15, -0.1) is 0 Å². The molecule has 1 atom stereocenters. The van der Waals surface area contributed by atoms with Crippen LogP contribution < -0.4 is 4.90 Å². The van der Waals surface area contributed by atoms with Crippen LogP contribution >= 0.6 is 11.6 Å². The molecule has 108 valence electrons. The molecule has 0 spiro atoms. The molecule has 2 aromatic rings. The Morgan fingerprint density at radius 2 is 1.76 bits per heavy atom. The van der Waals surface area contributed by atoms with E-state index in [2.05, 4.69) is 6.07 Å². The molecular formula is C18H18ClNO. The van der Waals surface area contributed by atoms with Crippen molar-refractivity contribution in [3.63, 3.8) is 0 Å². The quantitative estimate of drug-likeness (QED) is 0.831. The van der Waals surface area contributed by atoms with E-state index in [-0.39, 0.29) is 5.91 Å². The third-order valence-corrected chi connectivity index (χ3v) is 4.55. The lowest BCUT2D eigenvalue weighted by molar-refractivity contribution is -0.122. The Morgan fingerprint density at radius 3 is 2.43 bits per heavy atom. The minimum Gasteiger partial charge on any atom is -0.312 e. The second kappa shape index (κ2) is 5.19. The average Bonchev–Trinajstić information content (AvgIpc) is 2.70. The van der Waals surface area contributed by atoms with Gasteiger partial charge in [0.05, 0.1) is 5.41 Å². The molecule has 1 heterocycles. The third-order valence-electron chi connectivity index (χ3n) is 4.29. The lowest BCUT2D eigenvalue weighted by Gasteiger charge is -2.24. The molecule has 0 fully saturated rings. The van der Waals surface area contributed by atoms with E-state index in [1.807, 2.05) is 61.2 Å². The Bertz CT molecular complexity index is 680. The van der Waals surface area contributed by atoms with Crippen molar-refractivity contribution in [2.45, 2.75) is 25.7 Å². The lowest BCUT2D eigenvalue weighted by atomic mass is 9.78. The fourth-order valence-corrected chi connectivity index (χ4v) is 3.32. The highest BCUT2D eigenvalue weighted by atomic mass is 35.5. The fourth-order valence-electron chi connectivity index (χ4n) is 3.19. The van der Waals surface area contributed by atoms with Gasteiger partial charge in [-0.3, -0.25) is 4.79 Å². The summed E-state index contributed by atoms with van der Waals surface area (Å²) in [5, 5.41) is 0.720. The first-order valence-electron chi connectivity index (χ1n) is 7.22. The molecule has 1 amide bonds. The molecular weight excluding hydrogens is 282 g/mol. The molecule has 1 unspecified atom stereocenters. The molecule has 0 aromatic heterocycles.